The molecule has 3 heterocycles. The van der Waals surface area contributed by atoms with E-state index in [1.54, 1.807) is 33.7 Å². The molecule has 0 fully saturated rings. The number of pyridine rings is 1. The molecule has 0 radical (unpaired) electrons. The molecule has 0 saturated heterocycles. The van der Waals surface area contributed by atoms with Crippen molar-refractivity contribution in [3.05, 3.63) is 49.3 Å². The lowest BCUT2D eigenvalue weighted by atomic mass is 10.0. The molecule has 0 saturated carbocycles. The molecule has 0 aliphatic rings. The van der Waals surface area contributed by atoms with Gasteiger partial charge in [-0.25, -0.2) is 15.0 Å². The second-order valence-corrected chi connectivity index (χ2v) is 5.86. The molecule has 3 aromatic heterocycles. The Balaban J connectivity index is 1.88. The van der Waals surface area contributed by atoms with Gasteiger partial charge in [0.1, 0.15) is 12.0 Å². The third-order valence-electron chi connectivity index (χ3n) is 4.40. The topological polar surface area (TPSA) is 82.2 Å². The Morgan fingerprint density at radius 2 is 1.48 bits per heavy atom. The highest BCUT2D eigenvalue weighted by atomic mass is 16.5. The van der Waals surface area contributed by atoms with Crippen molar-refractivity contribution in [1.82, 2.24) is 19.9 Å². The quantitative estimate of drug-likeness (QED) is 0.583. The fraction of sp³-hybridized carbons (Fsp3) is 0.150. The third-order valence-corrected chi connectivity index (χ3v) is 4.40. The molecule has 0 amide bonds. The van der Waals surface area contributed by atoms with Gasteiger partial charge in [-0.15, -0.1) is 0 Å². The van der Waals surface area contributed by atoms with E-state index in [0.29, 0.717) is 17.2 Å². The van der Waals surface area contributed by atoms with Gasteiger partial charge in [0.25, 0.3) is 0 Å². The summed E-state index contributed by atoms with van der Waals surface area (Å²) >= 11 is 0. The average Bonchev–Trinajstić information content (AvgIpc) is 3.16. The molecule has 0 atom stereocenters. The van der Waals surface area contributed by atoms with Crippen LogP contribution >= 0.6 is 0 Å². The van der Waals surface area contributed by atoms with Crippen LogP contribution in [0.15, 0.2) is 49.3 Å². The zero-order valence-corrected chi connectivity index (χ0v) is 15.2. The minimum Gasteiger partial charge on any atom is -0.493 e. The van der Waals surface area contributed by atoms with Gasteiger partial charge in [0.2, 0.25) is 5.75 Å². The van der Waals surface area contributed by atoms with Gasteiger partial charge in [0.05, 0.1) is 21.3 Å². The summed E-state index contributed by atoms with van der Waals surface area (Å²) in [6.07, 6.45) is 8.79. The smallest absolute Gasteiger partial charge is 0.203 e. The van der Waals surface area contributed by atoms with Crippen LogP contribution in [0.25, 0.3) is 33.3 Å². The number of rotatable bonds is 5. The molecule has 27 heavy (non-hydrogen) atoms. The molecule has 7 heteroatoms. The lowest BCUT2D eigenvalue weighted by Crippen LogP contribution is -1.96. The van der Waals surface area contributed by atoms with Crippen molar-refractivity contribution in [1.29, 1.82) is 0 Å². The minimum absolute atomic E-state index is 0.557. The maximum absolute atomic E-state index is 5.46. The van der Waals surface area contributed by atoms with Gasteiger partial charge in [-0.3, -0.25) is 0 Å². The van der Waals surface area contributed by atoms with Crippen molar-refractivity contribution in [2.24, 2.45) is 0 Å². The SMILES string of the molecule is COc1cc(-c2cnc3[nH]cc(-c4cncnc4)c3c2)cc(OC)c1OC. The van der Waals surface area contributed by atoms with E-state index in [1.165, 1.54) is 6.33 Å². The standard InChI is InChI=1S/C20H18N4O3/c1-25-17-5-12(6-18(26-2)19(17)27-3)13-4-15-16(10-24-20(15)23-9-13)14-7-21-11-22-8-14/h4-11H,1-3H3,(H,23,24). The van der Waals surface area contributed by atoms with Crippen LogP contribution in [0.4, 0.5) is 0 Å². The van der Waals surface area contributed by atoms with E-state index in [1.807, 2.05) is 24.5 Å². The summed E-state index contributed by atoms with van der Waals surface area (Å²) < 4.78 is 16.3. The summed E-state index contributed by atoms with van der Waals surface area (Å²) in [4.78, 5) is 15.9. The summed E-state index contributed by atoms with van der Waals surface area (Å²) in [5.41, 5.74) is 4.56. The molecular formula is C20H18N4O3. The first-order valence-electron chi connectivity index (χ1n) is 8.28. The average molecular weight is 362 g/mol. The molecule has 1 N–H and O–H groups in total. The van der Waals surface area contributed by atoms with E-state index in [9.17, 15) is 0 Å². The number of benzene rings is 1. The Morgan fingerprint density at radius 1 is 0.778 bits per heavy atom. The number of H-pyrrole nitrogens is 1. The van der Waals surface area contributed by atoms with Crippen LogP contribution in [0.5, 0.6) is 17.2 Å². The van der Waals surface area contributed by atoms with Crippen molar-refractivity contribution in [3.63, 3.8) is 0 Å². The molecule has 4 aromatic rings. The summed E-state index contributed by atoms with van der Waals surface area (Å²) in [6.45, 7) is 0. The van der Waals surface area contributed by atoms with Crippen molar-refractivity contribution in [3.8, 4) is 39.5 Å². The minimum atomic E-state index is 0.557. The number of aromatic amines is 1. The largest absolute Gasteiger partial charge is 0.493 e. The zero-order valence-electron chi connectivity index (χ0n) is 15.2. The molecule has 0 aliphatic heterocycles. The number of aromatic nitrogens is 4. The van der Waals surface area contributed by atoms with E-state index in [0.717, 1.165) is 33.3 Å². The number of methoxy groups -OCH3 is 3. The predicted octanol–water partition coefficient (Wildman–Crippen LogP) is 3.71. The second kappa shape index (κ2) is 6.95. The third kappa shape index (κ3) is 2.93. The Kier molecular flexibility index (Phi) is 4.33. The van der Waals surface area contributed by atoms with Crippen LogP contribution in [-0.2, 0) is 0 Å². The molecule has 0 bridgehead atoms. The highest BCUT2D eigenvalue weighted by Crippen LogP contribution is 2.41. The number of ether oxygens (including phenoxy) is 3. The Labute approximate surface area is 156 Å². The van der Waals surface area contributed by atoms with E-state index in [-0.39, 0.29) is 0 Å². The number of hydrogen-bond acceptors (Lipinski definition) is 6. The Morgan fingerprint density at radius 3 is 2.11 bits per heavy atom. The van der Waals surface area contributed by atoms with Crippen LogP contribution in [0.3, 0.4) is 0 Å². The predicted molar refractivity (Wildman–Crippen MR) is 102 cm³/mol. The first-order chi connectivity index (χ1) is 13.2. The molecular weight excluding hydrogens is 344 g/mol. The molecule has 0 unspecified atom stereocenters. The number of nitrogens with one attached hydrogen (secondary N) is 1. The maximum Gasteiger partial charge on any atom is 0.203 e. The molecule has 136 valence electrons. The highest BCUT2D eigenvalue weighted by molar-refractivity contribution is 5.95. The lowest BCUT2D eigenvalue weighted by molar-refractivity contribution is 0.324. The maximum atomic E-state index is 5.46. The van der Waals surface area contributed by atoms with Crippen molar-refractivity contribution < 1.29 is 14.2 Å². The van der Waals surface area contributed by atoms with Crippen LogP contribution < -0.4 is 14.2 Å². The summed E-state index contributed by atoms with van der Waals surface area (Å²) in [5, 5.41) is 0.982. The zero-order chi connectivity index (χ0) is 18.8. The van der Waals surface area contributed by atoms with E-state index < -0.39 is 0 Å². The number of hydrogen-bond donors (Lipinski definition) is 1. The summed E-state index contributed by atoms with van der Waals surface area (Å²) in [6, 6.07) is 5.88. The van der Waals surface area contributed by atoms with Gasteiger partial charge < -0.3 is 19.2 Å². The molecule has 7 nitrogen and oxygen atoms in total. The van der Waals surface area contributed by atoms with Crippen molar-refractivity contribution in [2.45, 2.75) is 0 Å². The van der Waals surface area contributed by atoms with Gasteiger partial charge in [0, 0.05) is 46.9 Å². The molecule has 4 rings (SSSR count). The van der Waals surface area contributed by atoms with Crippen LogP contribution in [-0.4, -0.2) is 41.3 Å². The highest BCUT2D eigenvalue weighted by Gasteiger charge is 2.15. The van der Waals surface area contributed by atoms with Gasteiger partial charge in [-0.2, -0.15) is 0 Å². The second-order valence-electron chi connectivity index (χ2n) is 5.86. The van der Waals surface area contributed by atoms with Gasteiger partial charge in [0.15, 0.2) is 11.5 Å². The number of nitrogens with zero attached hydrogens (tertiary/aromatic N) is 3. The van der Waals surface area contributed by atoms with E-state index in [4.69, 9.17) is 14.2 Å². The Bertz CT molecular complexity index is 1070. The monoisotopic (exact) mass is 362 g/mol. The van der Waals surface area contributed by atoms with E-state index >= 15 is 0 Å². The first kappa shape index (κ1) is 16.8. The summed E-state index contributed by atoms with van der Waals surface area (Å²) in [7, 11) is 4.78. The number of fused-ring (bicyclic) bond motifs is 1. The van der Waals surface area contributed by atoms with Gasteiger partial charge >= 0.3 is 0 Å². The fourth-order valence-electron chi connectivity index (χ4n) is 3.09. The van der Waals surface area contributed by atoms with Crippen LogP contribution in [0.1, 0.15) is 0 Å². The van der Waals surface area contributed by atoms with Crippen LogP contribution in [0, 0.1) is 0 Å². The van der Waals surface area contributed by atoms with Gasteiger partial charge in [-0.05, 0) is 23.8 Å². The lowest BCUT2D eigenvalue weighted by Gasteiger charge is -2.14. The van der Waals surface area contributed by atoms with Crippen molar-refractivity contribution >= 4 is 11.0 Å². The fourth-order valence-corrected chi connectivity index (χ4v) is 3.09. The normalized spacial score (nSPS) is 10.8. The molecule has 0 spiro atoms. The van der Waals surface area contributed by atoms with Crippen LogP contribution in [0.2, 0.25) is 0 Å². The molecule has 0 aliphatic carbocycles. The van der Waals surface area contributed by atoms with E-state index in [2.05, 4.69) is 26.0 Å². The molecule has 1 aromatic carbocycles. The Hall–Kier alpha value is -3.61. The van der Waals surface area contributed by atoms with Crippen molar-refractivity contribution in [2.75, 3.05) is 21.3 Å². The first-order valence-corrected chi connectivity index (χ1v) is 8.28. The summed E-state index contributed by atoms with van der Waals surface area (Å²) in [5.74, 6) is 1.75. The van der Waals surface area contributed by atoms with Gasteiger partial charge in [-0.1, -0.05) is 0 Å².